The number of amides is 1. The number of benzene rings is 1. The Bertz CT molecular complexity index is 569. The average Bonchev–Trinajstić information content (AvgIpc) is 2.92. The maximum Gasteiger partial charge on any atom is 0.255 e. The van der Waals surface area contributed by atoms with Gasteiger partial charge in [-0.3, -0.25) is 4.79 Å². The molecule has 0 aliphatic heterocycles. The molecule has 19 heavy (non-hydrogen) atoms. The highest BCUT2D eigenvalue weighted by molar-refractivity contribution is 7.10. The highest BCUT2D eigenvalue weighted by Gasteiger charge is 2.16. The van der Waals surface area contributed by atoms with Crippen molar-refractivity contribution in [3.8, 4) is 5.75 Å². The van der Waals surface area contributed by atoms with Crippen LogP contribution >= 0.6 is 22.9 Å². The first-order chi connectivity index (χ1) is 9.11. The van der Waals surface area contributed by atoms with Crippen LogP contribution < -0.4 is 10.1 Å². The van der Waals surface area contributed by atoms with E-state index in [1.807, 2.05) is 24.4 Å². The predicted molar refractivity (Wildman–Crippen MR) is 78.2 cm³/mol. The van der Waals surface area contributed by atoms with Crippen LogP contribution in [0, 0.1) is 0 Å². The number of halogens is 1. The van der Waals surface area contributed by atoms with E-state index in [-0.39, 0.29) is 11.9 Å². The number of methoxy groups -OCH3 is 1. The third-order valence-corrected chi connectivity index (χ3v) is 4.01. The van der Waals surface area contributed by atoms with Crippen molar-refractivity contribution in [2.45, 2.75) is 13.0 Å². The van der Waals surface area contributed by atoms with Gasteiger partial charge in [-0.1, -0.05) is 17.7 Å². The number of thiophene rings is 1. The minimum Gasteiger partial charge on any atom is -0.496 e. The molecule has 2 aromatic rings. The van der Waals surface area contributed by atoms with Gasteiger partial charge in [0.25, 0.3) is 5.91 Å². The highest BCUT2D eigenvalue weighted by Crippen LogP contribution is 2.24. The van der Waals surface area contributed by atoms with Crippen LogP contribution in [0.25, 0.3) is 0 Å². The van der Waals surface area contributed by atoms with Crippen molar-refractivity contribution in [3.63, 3.8) is 0 Å². The maximum atomic E-state index is 12.2. The van der Waals surface area contributed by atoms with Gasteiger partial charge >= 0.3 is 0 Å². The van der Waals surface area contributed by atoms with Crippen LogP contribution in [0.5, 0.6) is 5.75 Å². The Morgan fingerprint density at radius 2 is 2.21 bits per heavy atom. The molecule has 1 unspecified atom stereocenters. The van der Waals surface area contributed by atoms with Crippen molar-refractivity contribution in [1.82, 2.24) is 5.32 Å². The third kappa shape index (κ3) is 3.28. The lowest BCUT2D eigenvalue weighted by Gasteiger charge is -2.14. The first kappa shape index (κ1) is 13.9. The molecular formula is C14H14ClNO2S. The maximum absolute atomic E-state index is 12.2. The Kier molecular flexibility index (Phi) is 4.45. The van der Waals surface area contributed by atoms with E-state index >= 15 is 0 Å². The molecular weight excluding hydrogens is 282 g/mol. The van der Waals surface area contributed by atoms with Gasteiger partial charge in [-0.05, 0) is 36.6 Å². The first-order valence-corrected chi connectivity index (χ1v) is 7.05. The molecule has 2 rings (SSSR count). The SMILES string of the molecule is COc1ccc(Cl)cc1C(=O)NC(C)c1cccs1. The van der Waals surface area contributed by atoms with E-state index in [1.165, 1.54) is 7.11 Å². The van der Waals surface area contributed by atoms with Crippen molar-refractivity contribution in [2.24, 2.45) is 0 Å². The van der Waals surface area contributed by atoms with E-state index < -0.39 is 0 Å². The Hall–Kier alpha value is -1.52. The van der Waals surface area contributed by atoms with Gasteiger partial charge in [0.1, 0.15) is 5.75 Å². The second-order valence-electron chi connectivity index (χ2n) is 4.06. The van der Waals surface area contributed by atoms with E-state index in [9.17, 15) is 4.79 Å². The van der Waals surface area contributed by atoms with Gasteiger partial charge in [0.05, 0.1) is 18.7 Å². The van der Waals surface area contributed by atoms with Gasteiger partial charge < -0.3 is 10.1 Å². The first-order valence-electron chi connectivity index (χ1n) is 5.79. The van der Waals surface area contributed by atoms with Crippen LogP contribution in [0.1, 0.15) is 28.2 Å². The summed E-state index contributed by atoms with van der Waals surface area (Å²) in [7, 11) is 1.53. The van der Waals surface area contributed by atoms with E-state index in [0.29, 0.717) is 16.3 Å². The van der Waals surface area contributed by atoms with Gasteiger partial charge in [0.15, 0.2) is 0 Å². The standard InChI is InChI=1S/C14H14ClNO2S/c1-9(13-4-3-7-19-13)16-14(17)11-8-10(15)5-6-12(11)18-2/h3-9H,1-2H3,(H,16,17). The molecule has 0 bridgehead atoms. The monoisotopic (exact) mass is 295 g/mol. The van der Waals surface area contributed by atoms with Crippen LogP contribution in [0.15, 0.2) is 35.7 Å². The molecule has 1 atom stereocenters. The molecule has 1 amide bonds. The molecule has 0 saturated carbocycles. The quantitative estimate of drug-likeness (QED) is 0.929. The molecule has 0 spiro atoms. The minimum absolute atomic E-state index is 0.0452. The van der Waals surface area contributed by atoms with Crippen molar-refractivity contribution in [2.75, 3.05) is 7.11 Å². The smallest absolute Gasteiger partial charge is 0.255 e. The zero-order chi connectivity index (χ0) is 13.8. The second kappa shape index (κ2) is 6.08. The molecule has 0 aliphatic carbocycles. The summed E-state index contributed by atoms with van der Waals surface area (Å²) in [5, 5.41) is 5.43. The largest absolute Gasteiger partial charge is 0.496 e. The van der Waals surface area contributed by atoms with Crippen LogP contribution in [0.3, 0.4) is 0 Å². The summed E-state index contributed by atoms with van der Waals surface area (Å²) in [5.74, 6) is 0.320. The van der Waals surface area contributed by atoms with E-state index in [1.54, 1.807) is 29.5 Å². The van der Waals surface area contributed by atoms with Crippen LogP contribution in [0.4, 0.5) is 0 Å². The fourth-order valence-corrected chi connectivity index (χ4v) is 2.65. The van der Waals surface area contributed by atoms with Crippen LogP contribution in [-0.4, -0.2) is 13.0 Å². The molecule has 0 radical (unpaired) electrons. The fraction of sp³-hybridized carbons (Fsp3) is 0.214. The number of carbonyl (C=O) groups excluding carboxylic acids is 1. The van der Waals surface area contributed by atoms with Gasteiger partial charge in [-0.2, -0.15) is 0 Å². The van der Waals surface area contributed by atoms with E-state index in [0.717, 1.165) is 4.88 Å². The molecule has 100 valence electrons. The summed E-state index contributed by atoms with van der Waals surface area (Å²) in [6.07, 6.45) is 0. The topological polar surface area (TPSA) is 38.3 Å². The zero-order valence-corrected chi connectivity index (χ0v) is 12.2. The molecule has 1 aromatic carbocycles. The third-order valence-electron chi connectivity index (χ3n) is 2.72. The summed E-state index contributed by atoms with van der Waals surface area (Å²) >= 11 is 7.53. The molecule has 3 nitrogen and oxygen atoms in total. The normalized spacial score (nSPS) is 11.9. The molecule has 0 fully saturated rings. The Labute approximate surface area is 121 Å². The number of nitrogens with one attached hydrogen (secondary N) is 1. The lowest BCUT2D eigenvalue weighted by atomic mass is 10.1. The lowest BCUT2D eigenvalue weighted by Crippen LogP contribution is -2.26. The van der Waals surface area contributed by atoms with Crippen molar-refractivity contribution < 1.29 is 9.53 Å². The molecule has 5 heteroatoms. The van der Waals surface area contributed by atoms with E-state index in [4.69, 9.17) is 16.3 Å². The Morgan fingerprint density at radius 3 is 2.84 bits per heavy atom. The number of rotatable bonds is 4. The molecule has 1 aromatic heterocycles. The van der Waals surface area contributed by atoms with E-state index in [2.05, 4.69) is 5.32 Å². The lowest BCUT2D eigenvalue weighted by molar-refractivity contribution is 0.0937. The summed E-state index contributed by atoms with van der Waals surface area (Å²) in [4.78, 5) is 13.3. The van der Waals surface area contributed by atoms with Gasteiger partial charge in [-0.15, -0.1) is 11.3 Å². The number of hydrogen-bond donors (Lipinski definition) is 1. The van der Waals surface area contributed by atoms with Crippen LogP contribution in [-0.2, 0) is 0 Å². The fourth-order valence-electron chi connectivity index (χ4n) is 1.74. The second-order valence-corrected chi connectivity index (χ2v) is 5.47. The van der Waals surface area contributed by atoms with Crippen molar-refractivity contribution >= 4 is 28.8 Å². The summed E-state index contributed by atoms with van der Waals surface area (Å²) < 4.78 is 5.18. The van der Waals surface area contributed by atoms with Gasteiger partial charge in [0.2, 0.25) is 0 Å². The molecule has 1 heterocycles. The van der Waals surface area contributed by atoms with Crippen LogP contribution in [0.2, 0.25) is 5.02 Å². The summed E-state index contributed by atoms with van der Waals surface area (Å²) in [5.41, 5.74) is 0.443. The molecule has 1 N–H and O–H groups in total. The number of ether oxygens (including phenoxy) is 1. The summed E-state index contributed by atoms with van der Waals surface area (Å²) in [6, 6.07) is 8.90. The van der Waals surface area contributed by atoms with Crippen molar-refractivity contribution in [3.05, 3.63) is 51.2 Å². The van der Waals surface area contributed by atoms with Gasteiger partial charge in [-0.25, -0.2) is 0 Å². The molecule has 0 aliphatic rings. The number of hydrogen-bond acceptors (Lipinski definition) is 3. The highest BCUT2D eigenvalue weighted by atomic mass is 35.5. The van der Waals surface area contributed by atoms with Gasteiger partial charge in [0, 0.05) is 9.90 Å². The summed E-state index contributed by atoms with van der Waals surface area (Å²) in [6.45, 7) is 1.95. The molecule has 0 saturated heterocycles. The minimum atomic E-state index is -0.194. The van der Waals surface area contributed by atoms with Crippen molar-refractivity contribution in [1.29, 1.82) is 0 Å². The Balaban J connectivity index is 2.18. The average molecular weight is 296 g/mol. The zero-order valence-electron chi connectivity index (χ0n) is 10.6. The number of carbonyl (C=O) groups is 1. The Morgan fingerprint density at radius 1 is 1.42 bits per heavy atom. The predicted octanol–water partition coefficient (Wildman–Crippen LogP) is 3.90.